The first-order chi connectivity index (χ1) is 10.0. The lowest BCUT2D eigenvalue weighted by Crippen LogP contribution is -2.47. The molecule has 7 nitrogen and oxygen atoms in total. The fourth-order valence-corrected chi connectivity index (χ4v) is 2.60. The van der Waals surface area contributed by atoms with Crippen LogP contribution < -0.4 is 15.4 Å². The number of halogens is 1. The number of carboxylic acids is 1. The van der Waals surface area contributed by atoms with E-state index in [9.17, 15) is 9.59 Å². The van der Waals surface area contributed by atoms with Gasteiger partial charge in [0.25, 0.3) is 0 Å². The molecule has 21 heavy (non-hydrogen) atoms. The van der Waals surface area contributed by atoms with Gasteiger partial charge in [-0.25, -0.2) is 9.59 Å². The van der Waals surface area contributed by atoms with Crippen LogP contribution >= 0.6 is 15.9 Å². The summed E-state index contributed by atoms with van der Waals surface area (Å²) in [5.74, 6) is -0.533. The third-order valence-electron chi connectivity index (χ3n) is 3.05. The molecule has 2 rings (SSSR count). The second-order valence-corrected chi connectivity index (χ2v) is 5.47. The first kappa shape index (κ1) is 15.6. The van der Waals surface area contributed by atoms with Gasteiger partial charge in [0.2, 0.25) is 0 Å². The monoisotopic (exact) mass is 358 g/mol. The van der Waals surface area contributed by atoms with Gasteiger partial charge >= 0.3 is 12.0 Å². The minimum Gasteiger partial charge on any atom is -0.493 e. The van der Waals surface area contributed by atoms with Gasteiger partial charge in [-0.3, -0.25) is 0 Å². The summed E-state index contributed by atoms with van der Waals surface area (Å²) in [6.45, 7) is 0.139. The Hall–Kier alpha value is -1.80. The number of nitrogens with one attached hydrogen (secondary N) is 2. The van der Waals surface area contributed by atoms with Crippen LogP contribution in [0.1, 0.15) is 11.1 Å². The lowest BCUT2D eigenvalue weighted by Gasteiger charge is -2.14. The van der Waals surface area contributed by atoms with Crippen LogP contribution in [0, 0.1) is 0 Å². The Kier molecular flexibility index (Phi) is 5.03. The van der Waals surface area contributed by atoms with Gasteiger partial charge in [-0.1, -0.05) is 15.9 Å². The molecule has 0 aliphatic carbocycles. The van der Waals surface area contributed by atoms with Crippen LogP contribution in [0.4, 0.5) is 4.79 Å². The second-order valence-electron chi connectivity index (χ2n) is 4.55. The Morgan fingerprint density at radius 2 is 2.19 bits per heavy atom. The number of amides is 2. The van der Waals surface area contributed by atoms with E-state index in [1.165, 1.54) is 0 Å². The van der Waals surface area contributed by atoms with Crippen LogP contribution in [0.15, 0.2) is 16.6 Å². The van der Waals surface area contributed by atoms with Crippen LogP contribution in [0.3, 0.4) is 0 Å². The van der Waals surface area contributed by atoms with Crippen molar-refractivity contribution in [3.8, 4) is 5.75 Å². The van der Waals surface area contributed by atoms with Gasteiger partial charge in [-0.2, -0.15) is 0 Å². The van der Waals surface area contributed by atoms with E-state index >= 15 is 0 Å². The second kappa shape index (κ2) is 6.77. The van der Waals surface area contributed by atoms with E-state index in [-0.39, 0.29) is 6.54 Å². The maximum absolute atomic E-state index is 11.6. The van der Waals surface area contributed by atoms with Gasteiger partial charge in [-0.05, 0) is 17.7 Å². The standard InChI is InChI=1S/C13H15BrN2O5/c14-9-3-7-1-2-21-11(7)8(4-9)5-15-13(20)16-10(6-17)12(18)19/h3-4,10,17H,1-2,5-6H2,(H,18,19)(H2,15,16,20)/t10-/m1/s1. The summed E-state index contributed by atoms with van der Waals surface area (Å²) in [6, 6.07) is 1.82. The number of urea groups is 1. The molecule has 1 atom stereocenters. The Morgan fingerprint density at radius 3 is 2.86 bits per heavy atom. The van der Waals surface area contributed by atoms with Crippen LogP contribution in [0.5, 0.6) is 5.75 Å². The van der Waals surface area contributed by atoms with Gasteiger partial charge in [0.05, 0.1) is 13.2 Å². The molecule has 1 aliphatic heterocycles. The number of aliphatic carboxylic acids is 1. The summed E-state index contributed by atoms with van der Waals surface area (Å²) in [5.41, 5.74) is 1.88. The number of benzene rings is 1. The number of hydrogen-bond acceptors (Lipinski definition) is 4. The maximum atomic E-state index is 11.6. The van der Waals surface area contributed by atoms with Crippen molar-refractivity contribution in [2.24, 2.45) is 0 Å². The molecule has 4 N–H and O–H groups in total. The average molecular weight is 359 g/mol. The highest BCUT2D eigenvalue weighted by molar-refractivity contribution is 9.10. The number of aliphatic hydroxyl groups is 1. The van der Waals surface area contributed by atoms with E-state index in [1.807, 2.05) is 12.1 Å². The van der Waals surface area contributed by atoms with Gasteiger partial charge in [-0.15, -0.1) is 0 Å². The van der Waals surface area contributed by atoms with E-state index < -0.39 is 24.6 Å². The highest BCUT2D eigenvalue weighted by atomic mass is 79.9. The summed E-state index contributed by atoms with van der Waals surface area (Å²) in [7, 11) is 0. The van der Waals surface area contributed by atoms with Crippen molar-refractivity contribution in [3.05, 3.63) is 27.7 Å². The molecular formula is C13H15BrN2O5. The zero-order chi connectivity index (χ0) is 15.4. The van der Waals surface area contributed by atoms with E-state index in [1.54, 1.807) is 0 Å². The van der Waals surface area contributed by atoms with Crippen molar-refractivity contribution in [1.82, 2.24) is 10.6 Å². The maximum Gasteiger partial charge on any atom is 0.328 e. The Morgan fingerprint density at radius 1 is 1.43 bits per heavy atom. The number of aliphatic hydroxyl groups excluding tert-OH is 1. The molecule has 0 saturated heterocycles. The average Bonchev–Trinajstić information content (AvgIpc) is 2.89. The number of hydrogen-bond donors (Lipinski definition) is 4. The minimum atomic E-state index is -1.32. The molecule has 0 radical (unpaired) electrons. The van der Waals surface area contributed by atoms with Crippen LogP contribution in [0.2, 0.25) is 0 Å². The number of carboxylic acid groups (broad SMARTS) is 1. The van der Waals surface area contributed by atoms with Crippen molar-refractivity contribution in [1.29, 1.82) is 0 Å². The summed E-state index contributed by atoms with van der Waals surface area (Å²) < 4.78 is 6.42. The van der Waals surface area contributed by atoms with Crippen molar-refractivity contribution >= 4 is 27.9 Å². The van der Waals surface area contributed by atoms with Gasteiger partial charge in [0, 0.05) is 23.0 Å². The Balaban J connectivity index is 1.97. The zero-order valence-corrected chi connectivity index (χ0v) is 12.6. The number of carbonyl (C=O) groups excluding carboxylic acids is 1. The predicted octanol–water partition coefficient (Wildman–Crippen LogP) is 0.629. The number of ether oxygens (including phenoxy) is 1. The van der Waals surface area contributed by atoms with Gasteiger partial charge < -0.3 is 25.6 Å². The van der Waals surface area contributed by atoms with Crippen LogP contribution in [-0.4, -0.2) is 41.5 Å². The normalized spacial score (nSPS) is 14.0. The first-order valence-electron chi connectivity index (χ1n) is 6.33. The van der Waals surface area contributed by atoms with E-state index in [4.69, 9.17) is 14.9 Å². The van der Waals surface area contributed by atoms with Crippen molar-refractivity contribution in [3.63, 3.8) is 0 Å². The summed E-state index contributed by atoms with van der Waals surface area (Å²) in [5, 5.41) is 22.3. The number of carbonyl (C=O) groups is 2. The molecule has 114 valence electrons. The van der Waals surface area contributed by atoms with E-state index in [0.717, 1.165) is 27.8 Å². The predicted molar refractivity (Wildman–Crippen MR) is 77.2 cm³/mol. The van der Waals surface area contributed by atoms with Gasteiger partial charge in [0.15, 0.2) is 6.04 Å². The summed E-state index contributed by atoms with van der Waals surface area (Å²) in [4.78, 5) is 22.3. The molecule has 0 unspecified atom stereocenters. The molecule has 1 aliphatic rings. The molecule has 2 amide bonds. The van der Waals surface area contributed by atoms with Crippen molar-refractivity contribution in [2.45, 2.75) is 19.0 Å². The third kappa shape index (κ3) is 3.85. The lowest BCUT2D eigenvalue weighted by atomic mass is 10.1. The minimum absolute atomic E-state index is 0.200. The Labute approximate surface area is 129 Å². The van der Waals surface area contributed by atoms with Crippen LogP contribution in [-0.2, 0) is 17.8 Å². The van der Waals surface area contributed by atoms with Gasteiger partial charge in [0.1, 0.15) is 5.75 Å². The quantitative estimate of drug-likeness (QED) is 0.617. The molecule has 0 saturated carbocycles. The highest BCUT2D eigenvalue weighted by Crippen LogP contribution is 2.32. The largest absolute Gasteiger partial charge is 0.493 e. The first-order valence-corrected chi connectivity index (χ1v) is 7.12. The molecule has 1 aromatic rings. The van der Waals surface area contributed by atoms with E-state index in [0.29, 0.717) is 6.61 Å². The number of rotatable bonds is 5. The highest BCUT2D eigenvalue weighted by Gasteiger charge is 2.20. The zero-order valence-electron chi connectivity index (χ0n) is 11.1. The molecular weight excluding hydrogens is 344 g/mol. The Bertz CT molecular complexity index is 564. The smallest absolute Gasteiger partial charge is 0.328 e. The molecule has 0 fully saturated rings. The lowest BCUT2D eigenvalue weighted by molar-refractivity contribution is -0.140. The molecule has 8 heteroatoms. The van der Waals surface area contributed by atoms with Crippen molar-refractivity contribution < 1.29 is 24.5 Å². The molecule has 1 aromatic carbocycles. The van der Waals surface area contributed by atoms with Crippen molar-refractivity contribution in [2.75, 3.05) is 13.2 Å². The van der Waals surface area contributed by atoms with E-state index in [2.05, 4.69) is 26.6 Å². The summed E-state index contributed by atoms with van der Waals surface area (Å²) in [6.07, 6.45) is 0.819. The van der Waals surface area contributed by atoms with Crippen LogP contribution in [0.25, 0.3) is 0 Å². The SMILES string of the molecule is O=C(NCc1cc(Br)cc2c1OCC2)N[C@H](CO)C(=O)O. The third-order valence-corrected chi connectivity index (χ3v) is 3.51. The summed E-state index contributed by atoms with van der Waals surface area (Å²) >= 11 is 3.40. The molecule has 0 bridgehead atoms. The fraction of sp³-hybridized carbons (Fsp3) is 0.385. The fourth-order valence-electron chi connectivity index (χ4n) is 2.05. The number of fused-ring (bicyclic) bond motifs is 1. The topological polar surface area (TPSA) is 108 Å². The molecule has 0 aromatic heterocycles. The molecule has 0 spiro atoms. The molecule has 1 heterocycles.